The lowest BCUT2D eigenvalue weighted by molar-refractivity contribution is 1.16. The van der Waals surface area contributed by atoms with Crippen LogP contribution in [0, 0.1) is 0 Å². The first-order chi connectivity index (χ1) is 29.3. The van der Waals surface area contributed by atoms with E-state index in [2.05, 4.69) is 220 Å². The highest BCUT2D eigenvalue weighted by molar-refractivity contribution is 6.29. The number of benzene rings is 9. The van der Waals surface area contributed by atoms with E-state index >= 15 is 0 Å². The second kappa shape index (κ2) is 12.3. The summed E-state index contributed by atoms with van der Waals surface area (Å²) < 4.78 is 7.20. The maximum absolute atomic E-state index is 5.38. The van der Waals surface area contributed by atoms with E-state index in [1.54, 1.807) is 0 Å². The second-order valence-corrected chi connectivity index (χ2v) is 15.5. The van der Waals surface area contributed by atoms with Gasteiger partial charge in [-0.3, -0.25) is 0 Å². The molecule has 4 heterocycles. The van der Waals surface area contributed by atoms with Crippen LogP contribution in [0.25, 0.3) is 115 Å². The normalized spacial score (nSPS) is 12.1. The first-order valence-electron chi connectivity index (χ1n) is 20.2. The Balaban J connectivity index is 0.999. The Bertz CT molecular complexity index is 3770. The fourth-order valence-electron chi connectivity index (χ4n) is 9.92. The summed E-state index contributed by atoms with van der Waals surface area (Å²) in [5, 5.41) is 11.0. The molecule has 0 N–H and O–H groups in total. The van der Waals surface area contributed by atoms with E-state index in [0.29, 0.717) is 0 Å². The lowest BCUT2D eigenvalue weighted by Crippen LogP contribution is -1.96. The Hall–Kier alpha value is -7.95. The van der Waals surface area contributed by atoms with E-state index in [4.69, 9.17) is 4.98 Å². The molecule has 0 radical (unpaired) electrons. The van der Waals surface area contributed by atoms with Gasteiger partial charge in [0.25, 0.3) is 0 Å². The van der Waals surface area contributed by atoms with Crippen molar-refractivity contribution in [3.63, 3.8) is 0 Å². The van der Waals surface area contributed by atoms with Crippen LogP contribution in [0.4, 0.5) is 0 Å². The van der Waals surface area contributed by atoms with Crippen LogP contribution in [0.5, 0.6) is 0 Å². The van der Waals surface area contributed by atoms with Crippen molar-refractivity contribution in [3.8, 4) is 28.3 Å². The van der Waals surface area contributed by atoms with Crippen LogP contribution >= 0.6 is 0 Å². The van der Waals surface area contributed by atoms with Crippen LogP contribution < -0.4 is 0 Å². The van der Waals surface area contributed by atoms with Gasteiger partial charge in [0, 0.05) is 71.1 Å². The number of fused-ring (bicyclic) bond motifs is 13. The van der Waals surface area contributed by atoms with Gasteiger partial charge in [-0.05, 0) is 78.9 Å². The minimum atomic E-state index is 0.988. The number of pyridine rings is 1. The molecule has 4 nitrogen and oxygen atoms in total. The highest BCUT2D eigenvalue weighted by atomic mass is 15.0. The molecule has 59 heavy (non-hydrogen) atoms. The molecule has 0 atom stereocenters. The molecule has 4 aromatic heterocycles. The third-order valence-electron chi connectivity index (χ3n) is 12.4. The summed E-state index contributed by atoms with van der Waals surface area (Å²) in [4.78, 5) is 5.38. The Morgan fingerprint density at radius 2 is 0.729 bits per heavy atom. The van der Waals surface area contributed by atoms with Gasteiger partial charge in [-0.25, -0.2) is 4.98 Å². The van der Waals surface area contributed by atoms with E-state index in [-0.39, 0.29) is 0 Å². The van der Waals surface area contributed by atoms with Gasteiger partial charge >= 0.3 is 0 Å². The summed E-state index contributed by atoms with van der Waals surface area (Å²) in [6.07, 6.45) is 0. The molecule has 0 amide bonds. The van der Waals surface area contributed by atoms with Crippen LogP contribution in [0.15, 0.2) is 206 Å². The predicted molar refractivity (Wildman–Crippen MR) is 248 cm³/mol. The molecule has 13 rings (SSSR count). The zero-order valence-electron chi connectivity index (χ0n) is 31.9. The van der Waals surface area contributed by atoms with Gasteiger partial charge in [0.15, 0.2) is 0 Å². The zero-order valence-corrected chi connectivity index (χ0v) is 31.9. The van der Waals surface area contributed by atoms with Gasteiger partial charge in [0.05, 0.1) is 44.3 Å². The summed E-state index contributed by atoms with van der Waals surface area (Å²) in [5.41, 5.74) is 13.7. The van der Waals surface area contributed by atoms with Gasteiger partial charge in [-0.1, -0.05) is 127 Å². The maximum atomic E-state index is 5.38. The molecule has 0 saturated carbocycles. The quantitative estimate of drug-likeness (QED) is 0.165. The average molecular weight is 751 g/mol. The fourth-order valence-corrected chi connectivity index (χ4v) is 9.92. The van der Waals surface area contributed by atoms with Crippen molar-refractivity contribution >= 4 is 87.1 Å². The highest BCUT2D eigenvalue weighted by Crippen LogP contribution is 2.43. The first-order valence-corrected chi connectivity index (χ1v) is 20.2. The first kappa shape index (κ1) is 32.2. The predicted octanol–water partition coefficient (Wildman–Crippen LogP) is 14.3. The van der Waals surface area contributed by atoms with Crippen LogP contribution in [0.2, 0.25) is 0 Å². The molecule has 0 unspecified atom stereocenters. The Morgan fingerprint density at radius 1 is 0.271 bits per heavy atom. The van der Waals surface area contributed by atoms with Crippen molar-refractivity contribution in [1.29, 1.82) is 0 Å². The summed E-state index contributed by atoms with van der Waals surface area (Å²) in [5.74, 6) is 0. The summed E-state index contributed by atoms with van der Waals surface area (Å²) in [7, 11) is 0. The van der Waals surface area contributed by atoms with Crippen LogP contribution in [0.1, 0.15) is 0 Å². The lowest BCUT2D eigenvalue weighted by atomic mass is 9.96. The van der Waals surface area contributed by atoms with Crippen molar-refractivity contribution in [3.05, 3.63) is 206 Å². The van der Waals surface area contributed by atoms with Gasteiger partial charge in [-0.15, -0.1) is 0 Å². The minimum Gasteiger partial charge on any atom is -0.309 e. The number of hydrogen-bond acceptors (Lipinski definition) is 1. The van der Waals surface area contributed by atoms with E-state index in [1.165, 1.54) is 70.8 Å². The Morgan fingerprint density at radius 3 is 1.41 bits per heavy atom. The van der Waals surface area contributed by atoms with Gasteiger partial charge in [-0.2, -0.15) is 0 Å². The molecule has 0 spiro atoms. The molecule has 0 aliphatic heterocycles. The standard InChI is InChI=1S/C55H34N4/c1-2-14-36(15-3-1)58-50-25-13-8-20-43(50)54-52(58)33-31-44-53(54)42-19-4-9-21-46(42)56-55(44)35-26-28-37(29-27-35)57-49-24-12-7-18-41(49)45-34-38(30-32-51(45)57)59-47-22-10-5-16-39(47)40-17-6-11-23-48(40)59/h1-34H. The van der Waals surface area contributed by atoms with Crippen LogP contribution in [-0.4, -0.2) is 18.7 Å². The smallest absolute Gasteiger partial charge is 0.0788 e. The molecular formula is C55H34N4. The summed E-state index contributed by atoms with van der Waals surface area (Å²) >= 11 is 0. The van der Waals surface area contributed by atoms with E-state index in [0.717, 1.165) is 44.6 Å². The topological polar surface area (TPSA) is 27.7 Å². The second-order valence-electron chi connectivity index (χ2n) is 15.5. The van der Waals surface area contributed by atoms with Crippen molar-refractivity contribution in [2.24, 2.45) is 0 Å². The highest BCUT2D eigenvalue weighted by Gasteiger charge is 2.20. The molecular weight excluding hydrogens is 717 g/mol. The molecule has 274 valence electrons. The minimum absolute atomic E-state index is 0.988. The molecule has 0 fully saturated rings. The van der Waals surface area contributed by atoms with Crippen LogP contribution in [-0.2, 0) is 0 Å². The van der Waals surface area contributed by atoms with Crippen molar-refractivity contribution in [2.75, 3.05) is 0 Å². The largest absolute Gasteiger partial charge is 0.309 e. The van der Waals surface area contributed by atoms with Crippen LogP contribution in [0.3, 0.4) is 0 Å². The SMILES string of the molecule is c1ccc(-n2c3ccccc3c3c4c(ccc32)c(-c2ccc(-n3c5ccccc5c5cc(-n6c7ccccc7c7ccccc76)ccc53)cc2)nc2ccccc24)cc1. The van der Waals surface area contributed by atoms with Gasteiger partial charge in [0.1, 0.15) is 0 Å². The molecule has 0 saturated heterocycles. The molecule has 0 bridgehead atoms. The average Bonchev–Trinajstić information content (AvgIpc) is 3.95. The van der Waals surface area contributed by atoms with Crippen molar-refractivity contribution < 1.29 is 0 Å². The van der Waals surface area contributed by atoms with Gasteiger partial charge < -0.3 is 13.7 Å². The van der Waals surface area contributed by atoms with Crippen molar-refractivity contribution in [2.45, 2.75) is 0 Å². The summed E-state index contributed by atoms with van der Waals surface area (Å²) in [6.45, 7) is 0. The number of para-hydroxylation sites is 6. The Labute approximate surface area is 339 Å². The third kappa shape index (κ3) is 4.57. The molecule has 0 aliphatic rings. The molecule has 13 aromatic rings. The zero-order chi connectivity index (χ0) is 38.6. The van der Waals surface area contributed by atoms with E-state index in [9.17, 15) is 0 Å². The lowest BCUT2D eigenvalue weighted by Gasteiger charge is -2.14. The molecule has 4 heteroatoms. The molecule has 0 aliphatic carbocycles. The number of aromatic nitrogens is 4. The Kier molecular flexibility index (Phi) is 6.69. The van der Waals surface area contributed by atoms with E-state index in [1.807, 2.05) is 0 Å². The van der Waals surface area contributed by atoms with Gasteiger partial charge in [0.2, 0.25) is 0 Å². The maximum Gasteiger partial charge on any atom is 0.0788 e. The van der Waals surface area contributed by atoms with Crippen molar-refractivity contribution in [1.82, 2.24) is 18.7 Å². The third-order valence-corrected chi connectivity index (χ3v) is 12.4. The number of rotatable bonds is 4. The monoisotopic (exact) mass is 750 g/mol. The fraction of sp³-hybridized carbons (Fsp3) is 0. The molecule has 9 aromatic carbocycles. The number of nitrogens with zero attached hydrogens (tertiary/aromatic N) is 4. The number of hydrogen-bond donors (Lipinski definition) is 0. The van der Waals surface area contributed by atoms with E-state index < -0.39 is 0 Å². The summed E-state index contributed by atoms with van der Waals surface area (Å²) in [6, 6.07) is 74.7.